The zero-order valence-corrected chi connectivity index (χ0v) is 12.9. The number of hydrogen-bond donors (Lipinski definition) is 2. The van der Waals surface area contributed by atoms with Gasteiger partial charge in [-0.15, -0.1) is 24.0 Å². The van der Waals surface area contributed by atoms with E-state index in [-0.39, 0.29) is 24.0 Å². The molecule has 0 aliphatic heterocycles. The number of rotatable bonds is 4. The molecule has 0 unspecified atom stereocenters. The van der Waals surface area contributed by atoms with Crippen molar-refractivity contribution in [2.45, 2.75) is 57.9 Å². The molecule has 0 spiro atoms. The van der Waals surface area contributed by atoms with E-state index in [1.807, 2.05) is 7.05 Å². The second-order valence-corrected chi connectivity index (χ2v) is 4.33. The zero-order chi connectivity index (χ0) is 10.9. The molecule has 0 heterocycles. The van der Waals surface area contributed by atoms with Crippen molar-refractivity contribution in [2.24, 2.45) is 4.99 Å². The first-order chi connectivity index (χ1) is 7.36. The molecule has 1 fully saturated rings. The lowest BCUT2D eigenvalue weighted by Crippen LogP contribution is -2.44. The maximum absolute atomic E-state index is 4.25. The molecule has 16 heavy (non-hydrogen) atoms. The highest BCUT2D eigenvalue weighted by atomic mass is 127. The summed E-state index contributed by atoms with van der Waals surface area (Å²) in [5, 5.41) is 6.86. The standard InChI is InChI=1S/C12H25N3.HI/c1-3-4-10-14-12(13-2)15-11-8-6-5-7-9-11;/h11H,3-10H2,1-2H3,(H2,13,14,15);1H. The van der Waals surface area contributed by atoms with Gasteiger partial charge >= 0.3 is 0 Å². The molecule has 3 nitrogen and oxygen atoms in total. The summed E-state index contributed by atoms with van der Waals surface area (Å²) in [6, 6.07) is 0.645. The van der Waals surface area contributed by atoms with Crippen LogP contribution in [0.15, 0.2) is 4.99 Å². The minimum atomic E-state index is 0. The van der Waals surface area contributed by atoms with Crippen LogP contribution < -0.4 is 10.6 Å². The summed E-state index contributed by atoms with van der Waals surface area (Å²) in [6.07, 6.45) is 9.18. The lowest BCUT2D eigenvalue weighted by Gasteiger charge is -2.24. The van der Waals surface area contributed by atoms with Gasteiger partial charge in [0.25, 0.3) is 0 Å². The van der Waals surface area contributed by atoms with Crippen molar-refractivity contribution in [3.05, 3.63) is 0 Å². The smallest absolute Gasteiger partial charge is 0.191 e. The molecule has 96 valence electrons. The number of aliphatic imine (C=N–C) groups is 1. The molecule has 2 N–H and O–H groups in total. The van der Waals surface area contributed by atoms with Crippen LogP contribution in [-0.2, 0) is 0 Å². The van der Waals surface area contributed by atoms with Gasteiger partial charge in [-0.1, -0.05) is 32.6 Å². The first kappa shape index (κ1) is 16.0. The van der Waals surface area contributed by atoms with Crippen LogP contribution in [-0.4, -0.2) is 25.6 Å². The molecule has 1 aliphatic carbocycles. The average Bonchev–Trinajstić information content (AvgIpc) is 2.29. The summed E-state index contributed by atoms with van der Waals surface area (Å²) >= 11 is 0. The molecular weight excluding hydrogens is 313 g/mol. The van der Waals surface area contributed by atoms with Crippen LogP contribution in [0.25, 0.3) is 0 Å². The molecule has 1 rings (SSSR count). The summed E-state index contributed by atoms with van der Waals surface area (Å²) in [4.78, 5) is 4.25. The van der Waals surface area contributed by atoms with Crippen LogP contribution in [0.5, 0.6) is 0 Å². The van der Waals surface area contributed by atoms with E-state index in [0.29, 0.717) is 6.04 Å². The molecular formula is C12H26IN3. The van der Waals surface area contributed by atoms with E-state index < -0.39 is 0 Å². The molecule has 0 radical (unpaired) electrons. The molecule has 4 heteroatoms. The summed E-state index contributed by atoms with van der Waals surface area (Å²) < 4.78 is 0. The van der Waals surface area contributed by atoms with E-state index in [1.54, 1.807) is 0 Å². The van der Waals surface area contributed by atoms with Crippen molar-refractivity contribution >= 4 is 29.9 Å². The van der Waals surface area contributed by atoms with Crippen molar-refractivity contribution in [1.29, 1.82) is 0 Å². The van der Waals surface area contributed by atoms with Crippen LogP contribution in [0.2, 0.25) is 0 Å². The second kappa shape index (κ2) is 10.2. The summed E-state index contributed by atoms with van der Waals surface area (Å²) in [6.45, 7) is 3.24. The van der Waals surface area contributed by atoms with Gasteiger partial charge in [-0.2, -0.15) is 0 Å². The Morgan fingerprint density at radius 2 is 1.94 bits per heavy atom. The third kappa shape index (κ3) is 6.55. The maximum atomic E-state index is 4.25. The van der Waals surface area contributed by atoms with Crippen LogP contribution in [0.1, 0.15) is 51.9 Å². The predicted molar refractivity (Wildman–Crippen MR) is 81.7 cm³/mol. The maximum Gasteiger partial charge on any atom is 0.191 e. The van der Waals surface area contributed by atoms with Crippen LogP contribution in [0.4, 0.5) is 0 Å². The van der Waals surface area contributed by atoms with E-state index in [1.165, 1.54) is 44.9 Å². The largest absolute Gasteiger partial charge is 0.356 e. The van der Waals surface area contributed by atoms with Gasteiger partial charge in [0.05, 0.1) is 0 Å². The zero-order valence-electron chi connectivity index (χ0n) is 10.6. The van der Waals surface area contributed by atoms with Gasteiger partial charge in [0.2, 0.25) is 0 Å². The minimum absolute atomic E-state index is 0. The Kier molecular flexibility index (Phi) is 10.2. The SMILES string of the molecule is CCCCNC(=NC)NC1CCCCC1.I. The second-order valence-electron chi connectivity index (χ2n) is 4.33. The number of nitrogens with zero attached hydrogens (tertiary/aromatic N) is 1. The van der Waals surface area contributed by atoms with E-state index in [0.717, 1.165) is 12.5 Å². The number of hydrogen-bond acceptors (Lipinski definition) is 1. The Morgan fingerprint density at radius 1 is 1.25 bits per heavy atom. The molecule has 0 bridgehead atoms. The van der Waals surface area contributed by atoms with E-state index in [9.17, 15) is 0 Å². The van der Waals surface area contributed by atoms with Crippen molar-refractivity contribution in [2.75, 3.05) is 13.6 Å². The van der Waals surface area contributed by atoms with Crippen molar-refractivity contribution in [3.8, 4) is 0 Å². The van der Waals surface area contributed by atoms with E-state index >= 15 is 0 Å². The first-order valence-corrected chi connectivity index (χ1v) is 6.34. The number of guanidine groups is 1. The highest BCUT2D eigenvalue weighted by Gasteiger charge is 2.13. The van der Waals surface area contributed by atoms with Crippen LogP contribution in [0.3, 0.4) is 0 Å². The van der Waals surface area contributed by atoms with Crippen molar-refractivity contribution in [1.82, 2.24) is 10.6 Å². The number of nitrogens with one attached hydrogen (secondary N) is 2. The highest BCUT2D eigenvalue weighted by Crippen LogP contribution is 2.17. The molecule has 0 saturated heterocycles. The third-order valence-electron chi connectivity index (χ3n) is 2.99. The molecule has 1 saturated carbocycles. The van der Waals surface area contributed by atoms with Crippen molar-refractivity contribution < 1.29 is 0 Å². The summed E-state index contributed by atoms with van der Waals surface area (Å²) in [5.74, 6) is 0.982. The van der Waals surface area contributed by atoms with Crippen molar-refractivity contribution in [3.63, 3.8) is 0 Å². The third-order valence-corrected chi connectivity index (χ3v) is 2.99. The monoisotopic (exact) mass is 339 g/mol. The van der Waals surface area contributed by atoms with Crippen LogP contribution in [0, 0.1) is 0 Å². The fourth-order valence-electron chi connectivity index (χ4n) is 2.02. The molecule has 0 atom stereocenters. The first-order valence-electron chi connectivity index (χ1n) is 6.34. The molecule has 1 aliphatic rings. The Morgan fingerprint density at radius 3 is 2.50 bits per heavy atom. The molecule has 0 amide bonds. The minimum Gasteiger partial charge on any atom is -0.356 e. The quantitative estimate of drug-likeness (QED) is 0.358. The van der Waals surface area contributed by atoms with Gasteiger partial charge < -0.3 is 10.6 Å². The van der Waals surface area contributed by atoms with E-state index in [2.05, 4.69) is 22.5 Å². The lowest BCUT2D eigenvalue weighted by molar-refractivity contribution is 0.410. The van der Waals surface area contributed by atoms with Gasteiger partial charge in [0, 0.05) is 19.6 Å². The highest BCUT2D eigenvalue weighted by molar-refractivity contribution is 14.0. The Labute approximate surface area is 117 Å². The fourth-order valence-corrected chi connectivity index (χ4v) is 2.02. The Balaban J connectivity index is 0.00000225. The summed E-state index contributed by atoms with van der Waals surface area (Å²) in [5.41, 5.74) is 0. The van der Waals surface area contributed by atoms with Gasteiger partial charge in [0.1, 0.15) is 0 Å². The lowest BCUT2D eigenvalue weighted by atomic mass is 9.96. The topological polar surface area (TPSA) is 36.4 Å². The molecule has 0 aromatic heterocycles. The average molecular weight is 339 g/mol. The van der Waals surface area contributed by atoms with Gasteiger partial charge in [-0.3, -0.25) is 4.99 Å². The summed E-state index contributed by atoms with van der Waals surface area (Å²) in [7, 11) is 1.85. The fraction of sp³-hybridized carbons (Fsp3) is 0.917. The Bertz CT molecular complexity index is 189. The number of unbranched alkanes of at least 4 members (excludes halogenated alkanes) is 1. The number of halogens is 1. The van der Waals surface area contributed by atoms with Gasteiger partial charge in [0.15, 0.2) is 5.96 Å². The van der Waals surface area contributed by atoms with Gasteiger partial charge in [-0.25, -0.2) is 0 Å². The molecule has 0 aromatic carbocycles. The van der Waals surface area contributed by atoms with Gasteiger partial charge in [-0.05, 0) is 19.3 Å². The Hall–Kier alpha value is 0. The normalized spacial score (nSPS) is 17.8. The van der Waals surface area contributed by atoms with Crippen LogP contribution >= 0.6 is 24.0 Å². The van der Waals surface area contributed by atoms with E-state index in [4.69, 9.17) is 0 Å². The predicted octanol–water partition coefficient (Wildman–Crippen LogP) is 2.90. The molecule has 0 aromatic rings.